The van der Waals surface area contributed by atoms with E-state index in [-0.39, 0.29) is 115 Å². The standard InChI is InChI=1S/C54H60Cl2N4O14S6/c1-35-27-75-31-39(32-76-28-35)73-49(63)11-9-47(61)69-15-3-13-59-43-7-5-37(55)23-45(43)79-51(59)41(25-57)53(65)71-21-19-67-17-18-68-20-22-72-54(66)42(26-58)52-60(44-8-6-38(56)24-46(44)80-52)14-4-16-70-48(62)10-12-50(64)74-40-33-77-29-36(2)30-78-34-40/h5-8,23-24,39-40H,1-4,9-22,27-34H2/b51-41-,52-42-. The molecule has 80 heavy (non-hydrogen) atoms. The second-order valence-electron chi connectivity index (χ2n) is 17.7. The van der Waals surface area contributed by atoms with E-state index in [1.54, 1.807) is 93.2 Å². The summed E-state index contributed by atoms with van der Waals surface area (Å²) in [4.78, 5) is 81.4. The van der Waals surface area contributed by atoms with E-state index in [2.05, 4.69) is 13.2 Å². The zero-order valence-electron chi connectivity index (χ0n) is 43.7. The van der Waals surface area contributed by atoms with E-state index in [1.165, 1.54) is 23.5 Å². The summed E-state index contributed by atoms with van der Waals surface area (Å²) in [5, 5.41) is 21.9. The predicted molar refractivity (Wildman–Crippen MR) is 315 cm³/mol. The zero-order chi connectivity index (χ0) is 57.2. The molecule has 2 fully saturated rings. The van der Waals surface area contributed by atoms with Gasteiger partial charge in [0, 0.05) is 78.9 Å². The molecular formula is C54H60Cl2N4O14S6. The molecule has 4 aliphatic rings. The topological polar surface area (TPSA) is 230 Å². The maximum absolute atomic E-state index is 13.3. The van der Waals surface area contributed by atoms with Crippen LogP contribution in [0.15, 0.2) is 91.7 Å². The van der Waals surface area contributed by atoms with Gasteiger partial charge in [-0.3, -0.25) is 19.2 Å². The molecular weight excluding hydrogens is 1190 g/mol. The van der Waals surface area contributed by atoms with Crippen molar-refractivity contribution in [1.29, 1.82) is 10.5 Å². The molecule has 0 unspecified atom stereocenters. The Hall–Kier alpha value is -4.60. The zero-order valence-corrected chi connectivity index (χ0v) is 50.1. The maximum atomic E-state index is 13.3. The fourth-order valence-electron chi connectivity index (χ4n) is 7.67. The molecule has 6 rings (SSSR count). The van der Waals surface area contributed by atoms with Gasteiger partial charge in [-0.25, -0.2) is 9.59 Å². The summed E-state index contributed by atoms with van der Waals surface area (Å²) in [7, 11) is 0. The number of ether oxygens (including phenoxy) is 8. The molecule has 2 aromatic rings. The number of anilines is 2. The average molecular weight is 1250 g/mol. The number of fused-ring (bicyclic) bond motifs is 2. The van der Waals surface area contributed by atoms with Crippen molar-refractivity contribution in [3.8, 4) is 12.1 Å². The van der Waals surface area contributed by atoms with Crippen molar-refractivity contribution < 1.29 is 66.7 Å². The first kappa shape index (κ1) is 64.6. The number of hydrogen-bond donors (Lipinski definition) is 0. The Bertz CT molecular complexity index is 2530. The van der Waals surface area contributed by atoms with E-state index < -0.39 is 35.8 Å². The Morgan fingerprint density at radius 3 is 1.26 bits per heavy atom. The summed E-state index contributed by atoms with van der Waals surface area (Å²) in [6, 6.07) is 14.3. The monoisotopic (exact) mass is 1250 g/mol. The summed E-state index contributed by atoms with van der Waals surface area (Å²) in [6.07, 6.45) is -0.230. The number of carbonyl (C=O) groups excluding carboxylic acids is 6. The van der Waals surface area contributed by atoms with Crippen LogP contribution in [-0.2, 0) is 66.7 Å². The highest BCUT2D eigenvalue weighted by Crippen LogP contribution is 2.49. The minimum absolute atomic E-state index is 0.0142. The van der Waals surface area contributed by atoms with Gasteiger partial charge in [-0.15, -0.1) is 0 Å². The Morgan fingerprint density at radius 1 is 0.525 bits per heavy atom. The van der Waals surface area contributed by atoms with Crippen LogP contribution in [0.1, 0.15) is 38.5 Å². The lowest BCUT2D eigenvalue weighted by molar-refractivity contribution is -0.152. The van der Waals surface area contributed by atoms with Crippen LogP contribution in [0.4, 0.5) is 11.4 Å². The van der Waals surface area contributed by atoms with Gasteiger partial charge in [0.05, 0.1) is 76.7 Å². The molecule has 0 amide bonds. The third-order valence-electron chi connectivity index (χ3n) is 11.4. The van der Waals surface area contributed by atoms with Crippen LogP contribution in [0.2, 0.25) is 10.0 Å². The van der Waals surface area contributed by atoms with Crippen LogP contribution in [0.3, 0.4) is 0 Å². The lowest BCUT2D eigenvalue weighted by Crippen LogP contribution is -2.26. The van der Waals surface area contributed by atoms with Crippen molar-refractivity contribution >= 4 is 141 Å². The second-order valence-corrected chi connectivity index (χ2v) is 24.8. The largest absolute Gasteiger partial charge is 0.466 e. The molecule has 0 bridgehead atoms. The lowest BCUT2D eigenvalue weighted by Gasteiger charge is -2.21. The Kier molecular flexibility index (Phi) is 28.0. The smallest absolute Gasteiger partial charge is 0.351 e. The Labute approximate surface area is 501 Å². The third kappa shape index (κ3) is 21.3. The van der Waals surface area contributed by atoms with Crippen LogP contribution in [0.5, 0.6) is 0 Å². The third-order valence-corrected chi connectivity index (χ3v) is 19.0. The van der Waals surface area contributed by atoms with Crippen molar-refractivity contribution in [2.24, 2.45) is 0 Å². The quantitative estimate of drug-likeness (QED) is 0.0202. The molecule has 26 heteroatoms. The minimum atomic E-state index is -0.862. The first-order chi connectivity index (χ1) is 38.7. The lowest BCUT2D eigenvalue weighted by atomic mass is 10.2. The van der Waals surface area contributed by atoms with E-state index in [1.807, 2.05) is 12.1 Å². The van der Waals surface area contributed by atoms with Gasteiger partial charge in [0.15, 0.2) is 11.1 Å². The fourth-order valence-corrected chi connectivity index (χ4v) is 14.9. The highest BCUT2D eigenvalue weighted by atomic mass is 35.5. The van der Waals surface area contributed by atoms with Gasteiger partial charge in [0.25, 0.3) is 0 Å². The molecule has 430 valence electrons. The number of nitrogens with zero attached hydrogens (tertiary/aromatic N) is 4. The van der Waals surface area contributed by atoms with E-state index in [4.69, 9.17) is 61.1 Å². The Balaban J connectivity index is 0.869. The number of rotatable bonds is 27. The van der Waals surface area contributed by atoms with Crippen LogP contribution >= 0.6 is 93.8 Å². The normalized spacial score (nSPS) is 17.1. The molecule has 0 atom stereocenters. The molecule has 4 heterocycles. The molecule has 2 aromatic carbocycles. The molecule has 0 N–H and O–H groups in total. The van der Waals surface area contributed by atoms with Crippen LogP contribution in [0.25, 0.3) is 0 Å². The first-order valence-corrected chi connectivity index (χ1v) is 32.4. The Morgan fingerprint density at radius 2 is 0.887 bits per heavy atom. The maximum Gasteiger partial charge on any atom is 0.351 e. The van der Waals surface area contributed by atoms with Gasteiger partial charge >= 0.3 is 35.8 Å². The van der Waals surface area contributed by atoms with Crippen molar-refractivity contribution in [2.75, 3.05) is 122 Å². The van der Waals surface area contributed by atoms with Gasteiger partial charge in [-0.2, -0.15) is 57.6 Å². The van der Waals surface area contributed by atoms with Crippen molar-refractivity contribution in [1.82, 2.24) is 0 Å². The van der Waals surface area contributed by atoms with Crippen molar-refractivity contribution in [2.45, 2.75) is 60.5 Å². The summed E-state index contributed by atoms with van der Waals surface area (Å²) in [5.41, 5.74) is 3.26. The van der Waals surface area contributed by atoms with Gasteiger partial charge in [0.1, 0.15) is 47.6 Å². The molecule has 2 saturated heterocycles. The number of carbonyl (C=O) groups is 6. The highest BCUT2D eigenvalue weighted by molar-refractivity contribution is 8.04. The van der Waals surface area contributed by atoms with Crippen LogP contribution in [-0.4, -0.2) is 160 Å². The van der Waals surface area contributed by atoms with Gasteiger partial charge in [0.2, 0.25) is 0 Å². The SMILES string of the molecule is C=C1CSCC(OC(=O)CCC(=O)OCCCN2/C(=C(\C#N)C(=O)OCCOCCOCCOC(=O)/C(C#N)=C3\Sc4cc(Cl)ccc4N3CCCOC(=O)CCC(=O)OC3CSCC(=C)CSC3)Sc3cc(Cl)ccc32)CSC1. The van der Waals surface area contributed by atoms with E-state index in [0.29, 0.717) is 67.3 Å². The van der Waals surface area contributed by atoms with Gasteiger partial charge in [-0.1, -0.05) is 71.0 Å². The molecule has 4 aliphatic heterocycles. The van der Waals surface area contributed by atoms with Gasteiger partial charge in [-0.05, 0) is 49.2 Å². The molecule has 0 spiro atoms. The summed E-state index contributed by atoms with van der Waals surface area (Å²) in [5.74, 6) is 2.25. The van der Waals surface area contributed by atoms with Gasteiger partial charge < -0.3 is 47.7 Å². The number of thioether (sulfide) groups is 6. The second kappa shape index (κ2) is 34.8. The summed E-state index contributed by atoms with van der Waals surface area (Å²) < 4.78 is 43.9. The molecule has 0 radical (unpaired) electrons. The van der Waals surface area contributed by atoms with E-state index in [9.17, 15) is 39.3 Å². The number of benzene rings is 2. The molecule has 0 aliphatic carbocycles. The number of halogens is 2. The molecule has 0 saturated carbocycles. The highest BCUT2D eigenvalue weighted by Gasteiger charge is 2.33. The minimum Gasteiger partial charge on any atom is -0.466 e. The average Bonchev–Trinajstić information content (AvgIpc) is 4.02. The number of nitriles is 2. The van der Waals surface area contributed by atoms with E-state index in [0.717, 1.165) is 43.9 Å². The van der Waals surface area contributed by atoms with Crippen molar-refractivity contribution in [3.05, 3.63) is 92.0 Å². The summed E-state index contributed by atoms with van der Waals surface area (Å²) in [6.45, 7) is 8.48. The first-order valence-electron chi connectivity index (χ1n) is 25.4. The fraction of sp³-hybridized carbons (Fsp3) is 0.481. The molecule has 0 aromatic heterocycles. The molecule has 18 nitrogen and oxygen atoms in total. The van der Waals surface area contributed by atoms with Crippen LogP contribution in [0, 0.1) is 22.7 Å². The summed E-state index contributed by atoms with van der Waals surface area (Å²) >= 11 is 21.6. The number of hydrogen-bond acceptors (Lipinski definition) is 24. The van der Waals surface area contributed by atoms with Crippen LogP contribution < -0.4 is 9.80 Å². The van der Waals surface area contributed by atoms with E-state index >= 15 is 0 Å². The number of esters is 6. The predicted octanol–water partition coefficient (Wildman–Crippen LogP) is 9.43. The van der Waals surface area contributed by atoms with Crippen molar-refractivity contribution in [3.63, 3.8) is 0 Å².